The van der Waals surface area contributed by atoms with Gasteiger partial charge in [-0.2, -0.15) is 0 Å². The first kappa shape index (κ1) is 19.2. The third kappa shape index (κ3) is 3.62. The van der Waals surface area contributed by atoms with Gasteiger partial charge in [-0.3, -0.25) is 14.7 Å². The molecule has 152 valence electrons. The summed E-state index contributed by atoms with van der Waals surface area (Å²) in [5.74, 6) is 0.491. The fourth-order valence-electron chi connectivity index (χ4n) is 3.41. The Morgan fingerprint density at radius 2 is 2.10 bits per heavy atom. The zero-order valence-electron chi connectivity index (χ0n) is 15.5. The number of benzene rings is 1. The maximum absolute atomic E-state index is 10.8. The molecule has 3 heterocycles. The van der Waals surface area contributed by atoms with E-state index in [9.17, 15) is 20.3 Å². The van der Waals surface area contributed by atoms with Crippen LogP contribution < -0.4 is 5.32 Å². The van der Waals surface area contributed by atoms with Gasteiger partial charge in [-0.1, -0.05) is 12.1 Å². The molecule has 29 heavy (non-hydrogen) atoms. The molecule has 2 aromatic heterocycles. The number of nitrogens with one attached hydrogen (secondary N) is 1. The molecular weight excluding hydrogens is 380 g/mol. The van der Waals surface area contributed by atoms with Crippen LogP contribution in [0.15, 0.2) is 36.9 Å². The molecule has 1 aliphatic rings. The summed E-state index contributed by atoms with van der Waals surface area (Å²) in [5.41, 5.74) is 1.87. The maximum atomic E-state index is 10.8. The number of ether oxygens (including phenoxy) is 1. The average molecular weight is 400 g/mol. The molecule has 0 amide bonds. The van der Waals surface area contributed by atoms with Crippen molar-refractivity contribution in [3.63, 3.8) is 0 Å². The van der Waals surface area contributed by atoms with E-state index in [-0.39, 0.29) is 18.3 Å². The van der Waals surface area contributed by atoms with Gasteiger partial charge in [-0.25, -0.2) is 15.0 Å². The predicted octanol–water partition coefficient (Wildman–Crippen LogP) is 1.55. The Balaban J connectivity index is 1.59. The van der Waals surface area contributed by atoms with Crippen LogP contribution in [0.25, 0.3) is 11.2 Å². The molecule has 4 atom stereocenters. The predicted molar refractivity (Wildman–Crippen MR) is 102 cm³/mol. The van der Waals surface area contributed by atoms with Gasteiger partial charge in [-0.05, 0) is 12.5 Å². The summed E-state index contributed by atoms with van der Waals surface area (Å²) in [4.78, 5) is 23.3. The summed E-state index contributed by atoms with van der Waals surface area (Å²) in [6.45, 7) is 1.73. The Kier molecular flexibility index (Phi) is 5.09. The van der Waals surface area contributed by atoms with E-state index in [1.807, 2.05) is 6.92 Å². The van der Waals surface area contributed by atoms with Gasteiger partial charge in [0.1, 0.15) is 12.4 Å². The number of nitrogens with zero attached hydrogens (tertiary/aromatic N) is 5. The second-order valence-electron chi connectivity index (χ2n) is 6.90. The SMILES string of the molecule is C[C@H](Nc1ncnc2c1ncn2[C@@H]1O[C@H](CO)CC1O)c1ccc([N+](=O)[O-])cc1. The highest BCUT2D eigenvalue weighted by Crippen LogP contribution is 2.32. The van der Waals surface area contributed by atoms with Crippen LogP contribution in [-0.4, -0.2) is 53.5 Å². The standard InChI is InChI=1S/C18H20N6O5/c1-10(11-2-4-12(5-3-11)24(27)28)22-16-15-17(20-8-19-16)23(9-21-15)18-14(26)6-13(7-25)29-18/h2-5,8-10,13-14,18,25-26H,6-7H2,1H3,(H,19,20,22)/t10-,13-,14?,18+/m0/s1. The molecule has 1 aromatic carbocycles. The number of aromatic nitrogens is 4. The Hall–Kier alpha value is -3.15. The molecule has 0 spiro atoms. The van der Waals surface area contributed by atoms with E-state index in [1.54, 1.807) is 16.7 Å². The topological polar surface area (TPSA) is 148 Å². The largest absolute Gasteiger partial charge is 0.394 e. The van der Waals surface area contributed by atoms with Gasteiger partial charge in [0.25, 0.3) is 5.69 Å². The van der Waals surface area contributed by atoms with Crippen molar-refractivity contribution in [1.82, 2.24) is 19.5 Å². The van der Waals surface area contributed by atoms with Gasteiger partial charge in [0, 0.05) is 18.6 Å². The van der Waals surface area contributed by atoms with Crippen molar-refractivity contribution in [2.45, 2.75) is 37.8 Å². The highest BCUT2D eigenvalue weighted by Gasteiger charge is 2.36. The summed E-state index contributed by atoms with van der Waals surface area (Å²) in [6.07, 6.45) is 1.33. The minimum absolute atomic E-state index is 0.0282. The molecule has 11 nitrogen and oxygen atoms in total. The second-order valence-corrected chi connectivity index (χ2v) is 6.90. The van der Waals surface area contributed by atoms with Crippen LogP contribution in [0.4, 0.5) is 11.5 Å². The zero-order valence-corrected chi connectivity index (χ0v) is 15.5. The lowest BCUT2D eigenvalue weighted by Gasteiger charge is -2.17. The second kappa shape index (κ2) is 7.70. The summed E-state index contributed by atoms with van der Waals surface area (Å²) >= 11 is 0. The molecule has 1 unspecified atom stereocenters. The lowest BCUT2D eigenvalue weighted by molar-refractivity contribution is -0.384. The number of hydrogen-bond acceptors (Lipinski definition) is 9. The molecule has 0 aliphatic carbocycles. The summed E-state index contributed by atoms with van der Waals surface area (Å²) in [6, 6.07) is 6.09. The fourth-order valence-corrected chi connectivity index (χ4v) is 3.41. The number of nitro groups is 1. The van der Waals surface area contributed by atoms with Gasteiger partial charge in [0.15, 0.2) is 23.2 Å². The summed E-state index contributed by atoms with van der Waals surface area (Å²) in [5, 5.41) is 33.6. The third-order valence-corrected chi connectivity index (χ3v) is 4.96. The molecule has 4 rings (SSSR count). The first-order chi connectivity index (χ1) is 14.0. The first-order valence-electron chi connectivity index (χ1n) is 9.10. The molecule has 0 bridgehead atoms. The van der Waals surface area contributed by atoms with Crippen LogP contribution >= 0.6 is 0 Å². The number of rotatable bonds is 6. The molecule has 1 aliphatic heterocycles. The molecule has 11 heteroatoms. The smallest absolute Gasteiger partial charge is 0.269 e. The van der Waals surface area contributed by atoms with E-state index < -0.39 is 23.4 Å². The minimum atomic E-state index is -0.782. The number of hydrogen-bond donors (Lipinski definition) is 3. The van der Waals surface area contributed by atoms with E-state index in [4.69, 9.17) is 4.74 Å². The average Bonchev–Trinajstić information content (AvgIpc) is 3.31. The zero-order chi connectivity index (χ0) is 20.5. The van der Waals surface area contributed by atoms with Crippen LogP contribution in [0.2, 0.25) is 0 Å². The van der Waals surface area contributed by atoms with Gasteiger partial charge in [0.2, 0.25) is 0 Å². The molecule has 0 saturated carbocycles. The highest BCUT2D eigenvalue weighted by molar-refractivity contribution is 5.82. The summed E-state index contributed by atoms with van der Waals surface area (Å²) in [7, 11) is 0. The molecular formula is C18H20N6O5. The van der Waals surface area contributed by atoms with Gasteiger partial charge >= 0.3 is 0 Å². The number of aliphatic hydroxyl groups excluding tert-OH is 2. The van der Waals surface area contributed by atoms with Crippen LogP contribution in [0, 0.1) is 10.1 Å². The van der Waals surface area contributed by atoms with Gasteiger partial charge in [0.05, 0.1) is 30.0 Å². The normalized spacial score (nSPS) is 22.7. The number of anilines is 1. The monoisotopic (exact) mass is 400 g/mol. The van der Waals surface area contributed by atoms with E-state index in [1.165, 1.54) is 24.8 Å². The fraction of sp³-hybridized carbons (Fsp3) is 0.389. The highest BCUT2D eigenvalue weighted by atomic mass is 16.6. The number of nitro benzene ring substituents is 1. The van der Waals surface area contributed by atoms with Crippen molar-refractivity contribution < 1.29 is 19.9 Å². The number of fused-ring (bicyclic) bond motifs is 1. The molecule has 3 N–H and O–H groups in total. The van der Waals surface area contributed by atoms with Crippen molar-refractivity contribution in [1.29, 1.82) is 0 Å². The van der Waals surface area contributed by atoms with Crippen molar-refractivity contribution in [3.05, 3.63) is 52.6 Å². The van der Waals surface area contributed by atoms with Gasteiger partial charge in [-0.15, -0.1) is 0 Å². The van der Waals surface area contributed by atoms with Crippen molar-refractivity contribution in [2.75, 3.05) is 11.9 Å². The van der Waals surface area contributed by atoms with E-state index in [0.717, 1.165) is 5.56 Å². The molecule has 0 radical (unpaired) electrons. The van der Waals surface area contributed by atoms with E-state index in [2.05, 4.69) is 20.3 Å². The molecule has 3 aromatic rings. The number of non-ortho nitro benzene ring substituents is 1. The molecule has 1 saturated heterocycles. The van der Waals surface area contributed by atoms with Crippen molar-refractivity contribution in [3.8, 4) is 0 Å². The number of aliphatic hydroxyl groups is 2. The first-order valence-corrected chi connectivity index (χ1v) is 9.10. The van der Waals surface area contributed by atoms with E-state index in [0.29, 0.717) is 23.4 Å². The Morgan fingerprint density at radius 1 is 1.34 bits per heavy atom. The van der Waals surface area contributed by atoms with Crippen molar-refractivity contribution in [2.24, 2.45) is 0 Å². The Labute approximate surface area is 165 Å². The van der Waals surface area contributed by atoms with E-state index >= 15 is 0 Å². The van der Waals surface area contributed by atoms with Gasteiger partial charge < -0.3 is 20.3 Å². The minimum Gasteiger partial charge on any atom is -0.394 e. The van der Waals surface area contributed by atoms with Crippen molar-refractivity contribution >= 4 is 22.7 Å². The third-order valence-electron chi connectivity index (χ3n) is 4.96. The Morgan fingerprint density at radius 3 is 2.76 bits per heavy atom. The molecule has 1 fully saturated rings. The lowest BCUT2D eigenvalue weighted by atomic mass is 10.1. The summed E-state index contributed by atoms with van der Waals surface area (Å²) < 4.78 is 7.31. The number of imidazole rings is 1. The van der Waals surface area contributed by atoms with Crippen LogP contribution in [0.5, 0.6) is 0 Å². The van der Waals surface area contributed by atoms with Crippen LogP contribution in [-0.2, 0) is 4.74 Å². The lowest BCUT2D eigenvalue weighted by Crippen LogP contribution is -2.19. The quantitative estimate of drug-likeness (QED) is 0.414. The maximum Gasteiger partial charge on any atom is 0.269 e. The van der Waals surface area contributed by atoms with Crippen LogP contribution in [0.1, 0.15) is 31.2 Å². The Bertz CT molecular complexity index is 1020. The van der Waals surface area contributed by atoms with Crippen LogP contribution in [0.3, 0.4) is 0 Å².